The van der Waals surface area contributed by atoms with Crippen molar-refractivity contribution in [2.24, 2.45) is 5.84 Å². The minimum absolute atomic E-state index is 0.0772. The van der Waals surface area contributed by atoms with Crippen LogP contribution in [0, 0.1) is 13.8 Å². The minimum atomic E-state index is -0.0772. The van der Waals surface area contributed by atoms with E-state index in [2.05, 4.69) is 42.5 Å². The maximum Gasteiger partial charge on any atom is 0.142 e. The molecule has 106 valence electrons. The Bertz CT molecular complexity index is 584. The molecule has 4 nitrogen and oxygen atoms in total. The number of hydrogen-bond donors (Lipinski definition) is 2. The van der Waals surface area contributed by atoms with Crippen molar-refractivity contribution in [1.29, 1.82) is 0 Å². The van der Waals surface area contributed by atoms with Crippen LogP contribution in [-0.4, -0.2) is 12.1 Å². The molecule has 0 saturated heterocycles. The molecule has 1 aromatic heterocycles. The second-order valence-electron chi connectivity index (χ2n) is 4.94. The van der Waals surface area contributed by atoms with Crippen LogP contribution in [0.3, 0.4) is 0 Å². The highest BCUT2D eigenvalue weighted by Gasteiger charge is 2.17. The van der Waals surface area contributed by atoms with Gasteiger partial charge in [0.15, 0.2) is 0 Å². The SMILES string of the molecule is COc1cccnc1C(Cc1cc(C)ccc1C)NN. The maximum atomic E-state index is 5.72. The molecule has 20 heavy (non-hydrogen) atoms. The van der Waals surface area contributed by atoms with Crippen molar-refractivity contribution in [3.8, 4) is 5.75 Å². The zero-order valence-electron chi connectivity index (χ0n) is 12.2. The summed E-state index contributed by atoms with van der Waals surface area (Å²) < 4.78 is 5.36. The van der Waals surface area contributed by atoms with Gasteiger partial charge in [-0.2, -0.15) is 0 Å². The molecule has 2 aromatic rings. The third-order valence-corrected chi connectivity index (χ3v) is 3.48. The Labute approximate surface area is 120 Å². The predicted octanol–water partition coefficient (Wildman–Crippen LogP) is 2.45. The van der Waals surface area contributed by atoms with Gasteiger partial charge in [0, 0.05) is 6.20 Å². The van der Waals surface area contributed by atoms with E-state index in [-0.39, 0.29) is 6.04 Å². The van der Waals surface area contributed by atoms with Gasteiger partial charge in [0.05, 0.1) is 13.2 Å². The number of methoxy groups -OCH3 is 1. The van der Waals surface area contributed by atoms with Gasteiger partial charge in [0.2, 0.25) is 0 Å². The molecule has 0 spiro atoms. The van der Waals surface area contributed by atoms with Crippen LogP contribution < -0.4 is 16.0 Å². The lowest BCUT2D eigenvalue weighted by atomic mass is 9.97. The van der Waals surface area contributed by atoms with Crippen LogP contribution in [-0.2, 0) is 6.42 Å². The second kappa shape index (κ2) is 6.50. The molecule has 0 radical (unpaired) electrons. The van der Waals surface area contributed by atoms with Crippen LogP contribution in [0.5, 0.6) is 5.75 Å². The fourth-order valence-electron chi connectivity index (χ4n) is 2.31. The highest BCUT2D eigenvalue weighted by Crippen LogP contribution is 2.26. The van der Waals surface area contributed by atoms with Gasteiger partial charge in [-0.3, -0.25) is 16.3 Å². The molecule has 0 aliphatic carbocycles. The molecule has 0 fully saturated rings. The molecule has 1 heterocycles. The summed E-state index contributed by atoms with van der Waals surface area (Å²) in [5, 5.41) is 0. The third kappa shape index (κ3) is 3.15. The van der Waals surface area contributed by atoms with Crippen LogP contribution >= 0.6 is 0 Å². The molecular formula is C16H21N3O. The number of rotatable bonds is 5. The minimum Gasteiger partial charge on any atom is -0.495 e. The van der Waals surface area contributed by atoms with Crippen LogP contribution in [0.15, 0.2) is 36.5 Å². The number of aryl methyl sites for hydroxylation is 2. The summed E-state index contributed by atoms with van der Waals surface area (Å²) >= 11 is 0. The number of nitrogens with zero attached hydrogens (tertiary/aromatic N) is 1. The standard InChI is InChI=1S/C16H21N3O/c1-11-6-7-12(2)13(9-11)10-14(19-17)16-15(20-3)5-4-8-18-16/h4-9,14,19H,10,17H2,1-3H3. The third-order valence-electron chi connectivity index (χ3n) is 3.48. The van der Waals surface area contributed by atoms with Crippen LogP contribution in [0.25, 0.3) is 0 Å². The summed E-state index contributed by atoms with van der Waals surface area (Å²) in [5.41, 5.74) is 7.44. The lowest BCUT2D eigenvalue weighted by Gasteiger charge is -2.19. The van der Waals surface area contributed by atoms with Gasteiger partial charge in [-0.1, -0.05) is 23.8 Å². The average Bonchev–Trinajstić information content (AvgIpc) is 2.48. The zero-order valence-corrected chi connectivity index (χ0v) is 12.2. The van der Waals surface area contributed by atoms with Gasteiger partial charge in [0.25, 0.3) is 0 Å². The van der Waals surface area contributed by atoms with E-state index in [1.54, 1.807) is 13.3 Å². The van der Waals surface area contributed by atoms with Gasteiger partial charge in [-0.05, 0) is 43.5 Å². The number of pyridine rings is 1. The summed E-state index contributed by atoms with van der Waals surface area (Å²) in [6, 6.07) is 10.1. The highest BCUT2D eigenvalue weighted by molar-refractivity contribution is 5.35. The Morgan fingerprint density at radius 1 is 1.30 bits per heavy atom. The number of hydrazine groups is 1. The fraction of sp³-hybridized carbons (Fsp3) is 0.312. The summed E-state index contributed by atoms with van der Waals surface area (Å²) in [7, 11) is 1.64. The molecule has 3 N–H and O–H groups in total. The zero-order chi connectivity index (χ0) is 14.5. The Hall–Kier alpha value is -1.91. The summed E-state index contributed by atoms with van der Waals surface area (Å²) in [4.78, 5) is 4.40. The highest BCUT2D eigenvalue weighted by atomic mass is 16.5. The van der Waals surface area contributed by atoms with Crippen LogP contribution in [0.1, 0.15) is 28.4 Å². The fourth-order valence-corrected chi connectivity index (χ4v) is 2.31. The lowest BCUT2D eigenvalue weighted by molar-refractivity contribution is 0.394. The Morgan fingerprint density at radius 3 is 2.80 bits per heavy atom. The number of ether oxygens (including phenoxy) is 1. The molecule has 1 aromatic carbocycles. The van der Waals surface area contributed by atoms with Crippen molar-refractivity contribution >= 4 is 0 Å². The first kappa shape index (κ1) is 14.5. The summed E-state index contributed by atoms with van der Waals surface area (Å²) in [6.45, 7) is 4.20. The second-order valence-corrected chi connectivity index (χ2v) is 4.94. The van der Waals surface area contributed by atoms with Crippen molar-refractivity contribution in [3.05, 3.63) is 58.9 Å². The largest absolute Gasteiger partial charge is 0.495 e. The van der Waals surface area contributed by atoms with E-state index in [0.717, 1.165) is 17.9 Å². The number of nitrogens with two attached hydrogens (primary N) is 1. The van der Waals surface area contributed by atoms with Gasteiger partial charge in [0.1, 0.15) is 11.4 Å². The molecule has 0 amide bonds. The number of nitrogens with one attached hydrogen (secondary N) is 1. The first-order chi connectivity index (χ1) is 9.65. The molecule has 4 heteroatoms. The molecule has 0 aliphatic heterocycles. The van der Waals surface area contributed by atoms with Crippen molar-refractivity contribution in [2.45, 2.75) is 26.3 Å². The number of benzene rings is 1. The van der Waals surface area contributed by atoms with E-state index in [1.165, 1.54) is 16.7 Å². The Kier molecular flexibility index (Phi) is 4.71. The molecule has 1 unspecified atom stereocenters. The van der Waals surface area contributed by atoms with Crippen molar-refractivity contribution in [3.63, 3.8) is 0 Å². The van der Waals surface area contributed by atoms with Crippen molar-refractivity contribution in [2.75, 3.05) is 7.11 Å². The topological polar surface area (TPSA) is 60.2 Å². The van der Waals surface area contributed by atoms with Crippen molar-refractivity contribution in [1.82, 2.24) is 10.4 Å². The Morgan fingerprint density at radius 2 is 2.10 bits per heavy atom. The molecule has 1 atom stereocenters. The van der Waals surface area contributed by atoms with Crippen LogP contribution in [0.2, 0.25) is 0 Å². The number of hydrogen-bond acceptors (Lipinski definition) is 4. The maximum absolute atomic E-state index is 5.72. The first-order valence-electron chi connectivity index (χ1n) is 6.67. The van der Waals surface area contributed by atoms with E-state index >= 15 is 0 Å². The number of aromatic nitrogens is 1. The normalized spacial score (nSPS) is 12.2. The van der Waals surface area contributed by atoms with Gasteiger partial charge in [-0.15, -0.1) is 0 Å². The van der Waals surface area contributed by atoms with Crippen LogP contribution in [0.4, 0.5) is 0 Å². The van der Waals surface area contributed by atoms with Gasteiger partial charge in [-0.25, -0.2) is 0 Å². The monoisotopic (exact) mass is 271 g/mol. The molecule has 2 rings (SSSR count). The Balaban J connectivity index is 2.31. The van der Waals surface area contributed by atoms with E-state index in [1.807, 2.05) is 12.1 Å². The molecule has 0 bridgehead atoms. The van der Waals surface area contributed by atoms with E-state index in [0.29, 0.717) is 0 Å². The van der Waals surface area contributed by atoms with E-state index in [4.69, 9.17) is 10.6 Å². The smallest absolute Gasteiger partial charge is 0.142 e. The van der Waals surface area contributed by atoms with Crippen molar-refractivity contribution < 1.29 is 4.74 Å². The first-order valence-corrected chi connectivity index (χ1v) is 6.67. The average molecular weight is 271 g/mol. The van der Waals surface area contributed by atoms with E-state index < -0.39 is 0 Å². The summed E-state index contributed by atoms with van der Waals surface area (Å²) in [6.07, 6.45) is 2.53. The van der Waals surface area contributed by atoms with Gasteiger partial charge < -0.3 is 4.74 Å². The van der Waals surface area contributed by atoms with Gasteiger partial charge >= 0.3 is 0 Å². The quantitative estimate of drug-likeness (QED) is 0.648. The molecule has 0 aliphatic rings. The summed E-state index contributed by atoms with van der Waals surface area (Å²) in [5.74, 6) is 6.47. The molecular weight excluding hydrogens is 250 g/mol. The van der Waals surface area contributed by atoms with E-state index in [9.17, 15) is 0 Å². The predicted molar refractivity (Wildman–Crippen MR) is 80.5 cm³/mol. The lowest BCUT2D eigenvalue weighted by Crippen LogP contribution is -2.30. The molecule has 0 saturated carbocycles.